The van der Waals surface area contributed by atoms with Crippen LogP contribution in [0.1, 0.15) is 25.0 Å². The molecule has 1 unspecified atom stereocenters. The maximum absolute atomic E-state index is 5.86. The van der Waals surface area contributed by atoms with E-state index in [2.05, 4.69) is 53.0 Å². The standard InChI is InChI=1S/C17H26N4.HI/c1-13(2)10-19-17(18)20-11-14(3)21-9-8-15-6-4-5-7-16(15)12-21;/h4-7,14H,1,8-12H2,2-3H3,(H3,18,19,20);1H. The highest BCUT2D eigenvalue weighted by Gasteiger charge is 2.19. The molecular weight excluding hydrogens is 387 g/mol. The number of hydrogen-bond acceptors (Lipinski definition) is 2. The molecule has 0 fully saturated rings. The van der Waals surface area contributed by atoms with E-state index in [1.165, 1.54) is 11.1 Å². The van der Waals surface area contributed by atoms with Crippen molar-refractivity contribution < 1.29 is 0 Å². The summed E-state index contributed by atoms with van der Waals surface area (Å²) in [7, 11) is 0. The molecule has 1 heterocycles. The molecule has 3 N–H and O–H groups in total. The number of benzene rings is 1. The third-order valence-corrected chi connectivity index (χ3v) is 3.88. The van der Waals surface area contributed by atoms with E-state index < -0.39 is 0 Å². The maximum atomic E-state index is 5.86. The van der Waals surface area contributed by atoms with Crippen LogP contribution in [0.2, 0.25) is 0 Å². The molecule has 0 aromatic heterocycles. The number of halogens is 1. The third kappa shape index (κ3) is 5.61. The quantitative estimate of drug-likeness (QED) is 0.337. The molecule has 0 bridgehead atoms. The van der Waals surface area contributed by atoms with Gasteiger partial charge in [0.2, 0.25) is 0 Å². The first kappa shape index (κ1) is 19.0. The molecule has 1 aromatic rings. The predicted molar refractivity (Wildman–Crippen MR) is 105 cm³/mol. The molecule has 2 rings (SSSR count). The third-order valence-electron chi connectivity index (χ3n) is 3.88. The lowest BCUT2D eigenvalue weighted by Gasteiger charge is -2.33. The van der Waals surface area contributed by atoms with Crippen molar-refractivity contribution >= 4 is 29.9 Å². The lowest BCUT2D eigenvalue weighted by atomic mass is 9.99. The zero-order valence-corrected chi connectivity index (χ0v) is 15.8. The van der Waals surface area contributed by atoms with Crippen LogP contribution in [-0.2, 0) is 13.0 Å². The highest BCUT2D eigenvalue weighted by molar-refractivity contribution is 14.0. The Labute approximate surface area is 150 Å². The van der Waals surface area contributed by atoms with Crippen molar-refractivity contribution in [3.63, 3.8) is 0 Å². The Bertz CT molecular complexity index is 527. The highest BCUT2D eigenvalue weighted by Crippen LogP contribution is 2.20. The number of guanidine groups is 1. The van der Waals surface area contributed by atoms with Gasteiger partial charge < -0.3 is 11.1 Å². The number of hydrogen-bond donors (Lipinski definition) is 2. The van der Waals surface area contributed by atoms with Crippen LogP contribution in [-0.4, -0.2) is 36.5 Å². The summed E-state index contributed by atoms with van der Waals surface area (Å²) in [6.45, 7) is 11.5. The van der Waals surface area contributed by atoms with Crippen LogP contribution >= 0.6 is 24.0 Å². The maximum Gasteiger partial charge on any atom is 0.188 e. The fraction of sp³-hybridized carbons (Fsp3) is 0.471. The smallest absolute Gasteiger partial charge is 0.188 e. The Kier molecular flexibility index (Phi) is 7.89. The minimum atomic E-state index is 0. The van der Waals surface area contributed by atoms with Gasteiger partial charge in [0.05, 0.1) is 6.54 Å². The fourth-order valence-electron chi connectivity index (χ4n) is 2.54. The second-order valence-electron chi connectivity index (χ2n) is 5.87. The first-order valence-corrected chi connectivity index (χ1v) is 7.55. The summed E-state index contributed by atoms with van der Waals surface area (Å²) in [6, 6.07) is 9.08. The van der Waals surface area contributed by atoms with Crippen molar-refractivity contribution in [3.8, 4) is 0 Å². The SMILES string of the molecule is C=C(C)CNC(N)=NCC(C)N1CCc2ccccc2C1.I. The molecule has 1 aliphatic heterocycles. The zero-order chi connectivity index (χ0) is 15.2. The van der Waals surface area contributed by atoms with E-state index in [0.717, 1.165) is 31.6 Å². The predicted octanol–water partition coefficient (Wildman–Crippen LogP) is 2.53. The summed E-state index contributed by atoms with van der Waals surface area (Å²) in [4.78, 5) is 6.90. The largest absolute Gasteiger partial charge is 0.370 e. The molecule has 1 atom stereocenters. The first-order valence-electron chi connectivity index (χ1n) is 7.55. The summed E-state index contributed by atoms with van der Waals surface area (Å²) in [5.41, 5.74) is 9.82. The van der Waals surface area contributed by atoms with E-state index >= 15 is 0 Å². The number of rotatable bonds is 5. The molecule has 22 heavy (non-hydrogen) atoms. The van der Waals surface area contributed by atoms with Crippen LogP contribution in [0.3, 0.4) is 0 Å². The number of fused-ring (bicyclic) bond motifs is 1. The molecule has 1 aliphatic rings. The Morgan fingerprint density at radius 1 is 1.41 bits per heavy atom. The summed E-state index contributed by atoms with van der Waals surface area (Å²) in [5.74, 6) is 0.502. The van der Waals surface area contributed by atoms with E-state index in [-0.39, 0.29) is 24.0 Å². The van der Waals surface area contributed by atoms with Gasteiger partial charge in [-0.15, -0.1) is 24.0 Å². The molecule has 4 nitrogen and oxygen atoms in total. The molecule has 122 valence electrons. The van der Waals surface area contributed by atoms with E-state index in [0.29, 0.717) is 18.5 Å². The molecule has 0 saturated heterocycles. The normalized spacial score (nSPS) is 16.4. The Morgan fingerprint density at radius 2 is 2.09 bits per heavy atom. The molecule has 5 heteroatoms. The second-order valence-corrected chi connectivity index (χ2v) is 5.87. The molecular formula is C17H27IN4. The number of nitrogens with one attached hydrogen (secondary N) is 1. The van der Waals surface area contributed by atoms with Gasteiger partial charge in [0.1, 0.15) is 0 Å². The highest BCUT2D eigenvalue weighted by atomic mass is 127. The number of nitrogens with zero attached hydrogens (tertiary/aromatic N) is 2. The summed E-state index contributed by atoms with van der Waals surface area (Å²) in [6.07, 6.45) is 1.12. The lowest BCUT2D eigenvalue weighted by molar-refractivity contribution is 0.195. The van der Waals surface area contributed by atoms with Gasteiger partial charge in [-0.25, -0.2) is 0 Å². The van der Waals surface area contributed by atoms with Gasteiger partial charge in [-0.05, 0) is 31.4 Å². The van der Waals surface area contributed by atoms with Crippen LogP contribution in [0, 0.1) is 0 Å². The average Bonchev–Trinajstić information content (AvgIpc) is 2.50. The molecule has 0 saturated carbocycles. The fourth-order valence-corrected chi connectivity index (χ4v) is 2.54. The second kappa shape index (κ2) is 9.15. The first-order chi connectivity index (χ1) is 10.1. The van der Waals surface area contributed by atoms with Crippen molar-refractivity contribution in [1.29, 1.82) is 0 Å². The zero-order valence-electron chi connectivity index (χ0n) is 13.5. The van der Waals surface area contributed by atoms with Crippen LogP contribution in [0.5, 0.6) is 0 Å². The van der Waals surface area contributed by atoms with Crippen LogP contribution in [0.4, 0.5) is 0 Å². The molecule has 0 amide bonds. The van der Waals surface area contributed by atoms with Crippen LogP contribution in [0.15, 0.2) is 41.4 Å². The van der Waals surface area contributed by atoms with Gasteiger partial charge in [0, 0.05) is 25.7 Å². The van der Waals surface area contributed by atoms with Crippen molar-refractivity contribution in [2.75, 3.05) is 19.6 Å². The van der Waals surface area contributed by atoms with Crippen molar-refractivity contribution in [3.05, 3.63) is 47.5 Å². The molecule has 1 aromatic carbocycles. The van der Waals surface area contributed by atoms with E-state index in [9.17, 15) is 0 Å². The average molecular weight is 414 g/mol. The Balaban J connectivity index is 0.00000242. The van der Waals surface area contributed by atoms with Gasteiger partial charge in [0.15, 0.2) is 5.96 Å². The summed E-state index contributed by atoms with van der Waals surface area (Å²) >= 11 is 0. The van der Waals surface area contributed by atoms with Crippen molar-refractivity contribution in [2.24, 2.45) is 10.7 Å². The van der Waals surface area contributed by atoms with Gasteiger partial charge in [-0.1, -0.05) is 36.4 Å². The minimum Gasteiger partial charge on any atom is -0.370 e. The van der Waals surface area contributed by atoms with E-state index in [1.807, 2.05) is 6.92 Å². The summed E-state index contributed by atoms with van der Waals surface area (Å²) < 4.78 is 0. The molecule has 0 spiro atoms. The summed E-state index contributed by atoms with van der Waals surface area (Å²) in [5, 5.41) is 3.07. The van der Waals surface area contributed by atoms with Crippen LogP contribution in [0.25, 0.3) is 0 Å². The Morgan fingerprint density at radius 3 is 2.77 bits per heavy atom. The van der Waals surface area contributed by atoms with Gasteiger partial charge in [-0.3, -0.25) is 9.89 Å². The molecule has 0 radical (unpaired) electrons. The van der Waals surface area contributed by atoms with E-state index in [4.69, 9.17) is 5.73 Å². The monoisotopic (exact) mass is 414 g/mol. The van der Waals surface area contributed by atoms with Gasteiger partial charge in [-0.2, -0.15) is 0 Å². The van der Waals surface area contributed by atoms with Gasteiger partial charge >= 0.3 is 0 Å². The van der Waals surface area contributed by atoms with Crippen LogP contribution < -0.4 is 11.1 Å². The lowest BCUT2D eigenvalue weighted by Crippen LogP contribution is -2.40. The van der Waals surface area contributed by atoms with E-state index in [1.54, 1.807) is 0 Å². The number of aliphatic imine (C=N–C) groups is 1. The Hall–Kier alpha value is -1.08. The minimum absolute atomic E-state index is 0. The van der Waals surface area contributed by atoms with Gasteiger partial charge in [0.25, 0.3) is 0 Å². The number of nitrogens with two attached hydrogens (primary N) is 1. The van der Waals surface area contributed by atoms with Crippen molar-refractivity contribution in [1.82, 2.24) is 10.2 Å². The topological polar surface area (TPSA) is 53.6 Å². The van der Waals surface area contributed by atoms with Crippen molar-refractivity contribution in [2.45, 2.75) is 32.9 Å². The molecule has 0 aliphatic carbocycles.